The van der Waals surface area contributed by atoms with Crippen molar-refractivity contribution >= 4 is 15.9 Å². The first-order chi connectivity index (χ1) is 10.6. The highest BCUT2D eigenvalue weighted by molar-refractivity contribution is 7.92. The predicted molar refractivity (Wildman–Crippen MR) is 84.6 cm³/mol. The number of ether oxygens (including phenoxy) is 1. The van der Waals surface area contributed by atoms with E-state index in [2.05, 4.69) is 0 Å². The summed E-state index contributed by atoms with van der Waals surface area (Å²) in [6.07, 6.45) is -0.140. The van der Waals surface area contributed by atoms with Crippen LogP contribution >= 0.6 is 0 Å². The van der Waals surface area contributed by atoms with Crippen LogP contribution in [0.15, 0.2) is 29.2 Å². The molecule has 0 saturated carbocycles. The lowest BCUT2D eigenvalue weighted by Crippen LogP contribution is -2.36. The van der Waals surface area contributed by atoms with Gasteiger partial charge in [0.1, 0.15) is 5.60 Å². The van der Waals surface area contributed by atoms with E-state index in [4.69, 9.17) is 10.00 Å². The molecule has 1 aliphatic heterocycles. The molecule has 1 atom stereocenters. The van der Waals surface area contributed by atoms with Gasteiger partial charge in [-0.3, -0.25) is 0 Å². The zero-order chi connectivity index (χ0) is 17.3. The van der Waals surface area contributed by atoms with Crippen molar-refractivity contribution in [1.82, 2.24) is 4.90 Å². The molecule has 1 fully saturated rings. The molecular weight excluding hydrogens is 316 g/mol. The summed E-state index contributed by atoms with van der Waals surface area (Å²) in [4.78, 5) is 13.6. The van der Waals surface area contributed by atoms with E-state index < -0.39 is 26.8 Å². The number of benzene rings is 1. The number of carbonyl (C=O) groups excluding carboxylic acids is 1. The highest BCUT2D eigenvalue weighted by Gasteiger charge is 2.37. The van der Waals surface area contributed by atoms with Crippen LogP contribution in [0.4, 0.5) is 4.79 Å². The lowest BCUT2D eigenvalue weighted by molar-refractivity contribution is 0.0295. The van der Waals surface area contributed by atoms with Crippen LogP contribution in [0.5, 0.6) is 0 Å². The lowest BCUT2D eigenvalue weighted by atomic mass is 10.2. The van der Waals surface area contributed by atoms with Crippen LogP contribution in [-0.2, 0) is 14.6 Å². The minimum Gasteiger partial charge on any atom is -0.444 e. The van der Waals surface area contributed by atoms with Crippen LogP contribution in [-0.4, -0.2) is 43.4 Å². The maximum atomic E-state index is 12.7. The van der Waals surface area contributed by atoms with Gasteiger partial charge >= 0.3 is 6.09 Å². The van der Waals surface area contributed by atoms with Gasteiger partial charge in [0, 0.05) is 13.1 Å². The van der Waals surface area contributed by atoms with E-state index in [9.17, 15) is 13.2 Å². The number of hydrogen-bond donors (Lipinski definition) is 0. The van der Waals surface area contributed by atoms with Crippen molar-refractivity contribution in [3.8, 4) is 6.07 Å². The van der Waals surface area contributed by atoms with Gasteiger partial charge in [0.15, 0.2) is 9.84 Å². The Hall–Kier alpha value is -2.07. The van der Waals surface area contributed by atoms with E-state index in [0.717, 1.165) is 0 Å². The quantitative estimate of drug-likeness (QED) is 0.827. The Bertz CT molecular complexity index is 744. The lowest BCUT2D eigenvalue weighted by Gasteiger charge is -2.24. The van der Waals surface area contributed by atoms with Crippen molar-refractivity contribution in [1.29, 1.82) is 5.26 Å². The largest absolute Gasteiger partial charge is 0.444 e. The Kier molecular flexibility index (Phi) is 4.66. The van der Waals surface area contributed by atoms with Crippen molar-refractivity contribution in [3.05, 3.63) is 29.8 Å². The van der Waals surface area contributed by atoms with Gasteiger partial charge in [-0.2, -0.15) is 5.26 Å². The highest BCUT2D eigenvalue weighted by Crippen LogP contribution is 2.25. The number of amides is 1. The molecule has 0 radical (unpaired) electrons. The molecule has 7 heteroatoms. The number of rotatable bonds is 2. The van der Waals surface area contributed by atoms with Crippen LogP contribution in [0.2, 0.25) is 0 Å². The topological polar surface area (TPSA) is 87.5 Å². The molecule has 1 aliphatic rings. The third-order valence-corrected chi connectivity index (χ3v) is 5.70. The molecule has 1 aromatic carbocycles. The van der Waals surface area contributed by atoms with E-state index >= 15 is 0 Å². The molecule has 23 heavy (non-hydrogen) atoms. The van der Waals surface area contributed by atoms with E-state index in [1.807, 2.05) is 6.07 Å². The average Bonchev–Trinajstić information content (AvgIpc) is 2.96. The van der Waals surface area contributed by atoms with Crippen LogP contribution in [0.25, 0.3) is 0 Å². The third-order valence-electron chi connectivity index (χ3n) is 3.53. The summed E-state index contributed by atoms with van der Waals surface area (Å²) in [6, 6.07) is 7.88. The SMILES string of the molecule is CC(C)(C)OC(=O)N1CCC(S(=O)(=O)c2cccc(C#N)c2)C1. The molecule has 1 amide bonds. The van der Waals surface area contributed by atoms with Gasteiger partial charge in [-0.15, -0.1) is 0 Å². The van der Waals surface area contributed by atoms with Crippen molar-refractivity contribution < 1.29 is 17.9 Å². The monoisotopic (exact) mass is 336 g/mol. The number of likely N-dealkylation sites (tertiary alicyclic amines) is 1. The van der Waals surface area contributed by atoms with Gasteiger partial charge in [0.2, 0.25) is 0 Å². The average molecular weight is 336 g/mol. The molecule has 1 saturated heterocycles. The van der Waals surface area contributed by atoms with Crippen molar-refractivity contribution in [3.63, 3.8) is 0 Å². The third kappa shape index (κ3) is 4.02. The van der Waals surface area contributed by atoms with Gasteiger partial charge in [0.05, 0.1) is 21.8 Å². The number of nitrogens with zero attached hydrogens (tertiary/aromatic N) is 2. The van der Waals surface area contributed by atoms with Gasteiger partial charge in [-0.1, -0.05) is 6.07 Å². The van der Waals surface area contributed by atoms with Crippen LogP contribution in [0.1, 0.15) is 32.8 Å². The van der Waals surface area contributed by atoms with Crippen LogP contribution < -0.4 is 0 Å². The van der Waals surface area contributed by atoms with Crippen LogP contribution in [0, 0.1) is 11.3 Å². The van der Waals surface area contributed by atoms with Gasteiger partial charge < -0.3 is 9.64 Å². The molecule has 0 bridgehead atoms. The first-order valence-corrected chi connectivity index (χ1v) is 8.90. The molecule has 6 nitrogen and oxygen atoms in total. The number of nitriles is 1. The van der Waals surface area contributed by atoms with E-state index in [1.165, 1.54) is 17.0 Å². The maximum absolute atomic E-state index is 12.7. The smallest absolute Gasteiger partial charge is 0.410 e. The molecular formula is C16H20N2O4S. The summed E-state index contributed by atoms with van der Waals surface area (Å²) in [7, 11) is -3.58. The van der Waals surface area contributed by atoms with Gasteiger partial charge in [-0.25, -0.2) is 13.2 Å². The van der Waals surface area contributed by atoms with Crippen molar-refractivity contribution in [2.45, 2.75) is 42.9 Å². The minimum atomic E-state index is -3.58. The van der Waals surface area contributed by atoms with Crippen molar-refractivity contribution in [2.75, 3.05) is 13.1 Å². The molecule has 1 heterocycles. The van der Waals surface area contributed by atoms with E-state index in [0.29, 0.717) is 18.5 Å². The van der Waals surface area contributed by atoms with Crippen molar-refractivity contribution in [2.24, 2.45) is 0 Å². The normalized spacial score (nSPS) is 18.5. The summed E-state index contributed by atoms with van der Waals surface area (Å²) < 4.78 is 30.6. The highest BCUT2D eigenvalue weighted by atomic mass is 32.2. The first-order valence-electron chi connectivity index (χ1n) is 7.35. The van der Waals surface area contributed by atoms with Crippen LogP contribution in [0.3, 0.4) is 0 Å². The Morgan fingerprint density at radius 1 is 1.39 bits per heavy atom. The summed E-state index contributed by atoms with van der Waals surface area (Å²) >= 11 is 0. The summed E-state index contributed by atoms with van der Waals surface area (Å²) in [6.45, 7) is 5.75. The number of carbonyl (C=O) groups is 1. The zero-order valence-corrected chi connectivity index (χ0v) is 14.3. The van der Waals surface area contributed by atoms with Gasteiger partial charge in [0.25, 0.3) is 0 Å². The second-order valence-electron chi connectivity index (χ2n) is 6.52. The minimum absolute atomic E-state index is 0.105. The predicted octanol–water partition coefficient (Wildman–Crippen LogP) is 2.34. The Labute approximate surface area is 136 Å². The second kappa shape index (κ2) is 6.20. The Morgan fingerprint density at radius 3 is 2.70 bits per heavy atom. The van der Waals surface area contributed by atoms with Gasteiger partial charge in [-0.05, 0) is 45.4 Å². The molecule has 0 spiro atoms. The molecule has 124 valence electrons. The fourth-order valence-electron chi connectivity index (χ4n) is 2.41. The molecule has 1 aromatic rings. The van der Waals surface area contributed by atoms with E-state index in [1.54, 1.807) is 32.9 Å². The molecule has 2 rings (SSSR count). The summed E-state index contributed by atoms with van der Waals surface area (Å²) in [5.74, 6) is 0. The Morgan fingerprint density at radius 2 is 2.09 bits per heavy atom. The number of hydrogen-bond acceptors (Lipinski definition) is 5. The fraction of sp³-hybridized carbons (Fsp3) is 0.500. The zero-order valence-electron chi connectivity index (χ0n) is 13.4. The summed E-state index contributed by atoms with van der Waals surface area (Å²) in [5, 5.41) is 8.22. The standard InChI is InChI=1S/C16H20N2O4S/c1-16(2,3)22-15(19)18-8-7-14(11-18)23(20,21)13-6-4-5-12(9-13)10-17/h4-6,9,14H,7-8,11H2,1-3H3. The fourth-order valence-corrected chi connectivity index (χ4v) is 4.15. The molecule has 0 aliphatic carbocycles. The molecule has 1 unspecified atom stereocenters. The summed E-state index contributed by atoms with van der Waals surface area (Å²) in [5.41, 5.74) is -0.317. The number of sulfone groups is 1. The maximum Gasteiger partial charge on any atom is 0.410 e. The second-order valence-corrected chi connectivity index (χ2v) is 8.75. The molecule has 0 aromatic heterocycles. The van der Waals surface area contributed by atoms with E-state index in [-0.39, 0.29) is 11.4 Å². The molecule has 0 N–H and O–H groups in total. The Balaban J connectivity index is 2.14. The first kappa shape index (κ1) is 17.3.